The fourth-order valence-corrected chi connectivity index (χ4v) is 3.28. The lowest BCUT2D eigenvalue weighted by Crippen LogP contribution is -2.23. The minimum Gasteiger partial charge on any atom is -0.478 e. The largest absolute Gasteiger partial charge is 0.478 e. The van der Waals surface area contributed by atoms with Crippen molar-refractivity contribution in [3.8, 4) is 5.88 Å². The van der Waals surface area contributed by atoms with Crippen molar-refractivity contribution in [3.05, 3.63) is 47.1 Å². The van der Waals surface area contributed by atoms with Crippen molar-refractivity contribution in [1.82, 2.24) is 4.98 Å². The molecule has 0 aliphatic carbocycles. The summed E-state index contributed by atoms with van der Waals surface area (Å²) in [5.74, 6) is 0.0395. The Labute approximate surface area is 159 Å². The van der Waals surface area contributed by atoms with Crippen LogP contribution in [0.4, 0.5) is 11.4 Å². The molecule has 3 rings (SSSR count). The van der Waals surface area contributed by atoms with Crippen LogP contribution in [0, 0.1) is 0 Å². The standard InChI is InChI=1S/C20H24ClN3O2/c1-2-26-18-12-11-17(21)19(23-18)20(25)22-15-7-9-16(10-8-15)24-13-5-3-4-6-14-24/h7-12H,2-6,13-14H2,1H3,(H,22,25). The van der Waals surface area contributed by atoms with Crippen LogP contribution in [-0.2, 0) is 0 Å². The van der Waals surface area contributed by atoms with Crippen molar-refractivity contribution in [2.75, 3.05) is 29.9 Å². The summed E-state index contributed by atoms with van der Waals surface area (Å²) in [6.07, 6.45) is 5.08. The number of carbonyl (C=O) groups is 1. The number of amides is 1. The highest BCUT2D eigenvalue weighted by molar-refractivity contribution is 6.34. The molecule has 0 atom stereocenters. The minimum absolute atomic E-state index is 0.161. The number of nitrogens with one attached hydrogen (secondary N) is 1. The highest BCUT2D eigenvalue weighted by Crippen LogP contribution is 2.23. The Kier molecular flexibility index (Phi) is 6.34. The number of benzene rings is 1. The van der Waals surface area contributed by atoms with Gasteiger partial charge in [0.25, 0.3) is 5.91 Å². The van der Waals surface area contributed by atoms with Crippen molar-refractivity contribution < 1.29 is 9.53 Å². The quantitative estimate of drug-likeness (QED) is 0.820. The first-order chi connectivity index (χ1) is 12.7. The SMILES string of the molecule is CCOc1ccc(Cl)c(C(=O)Nc2ccc(N3CCCCCC3)cc2)n1. The molecule has 0 radical (unpaired) electrons. The van der Waals surface area contributed by atoms with Gasteiger partial charge < -0.3 is 15.0 Å². The molecule has 1 saturated heterocycles. The van der Waals surface area contributed by atoms with E-state index in [0.717, 1.165) is 13.1 Å². The third-order valence-electron chi connectivity index (χ3n) is 4.42. The third kappa shape index (κ3) is 4.67. The molecule has 2 heterocycles. The molecule has 26 heavy (non-hydrogen) atoms. The second-order valence-corrected chi connectivity index (χ2v) is 6.72. The average Bonchev–Trinajstić information content (AvgIpc) is 2.93. The van der Waals surface area contributed by atoms with E-state index < -0.39 is 0 Å². The molecule has 1 aromatic carbocycles. The predicted molar refractivity (Wildman–Crippen MR) is 105 cm³/mol. The van der Waals surface area contributed by atoms with Gasteiger partial charge in [-0.1, -0.05) is 24.4 Å². The first-order valence-electron chi connectivity index (χ1n) is 9.13. The molecule has 2 aromatic rings. The lowest BCUT2D eigenvalue weighted by molar-refractivity contribution is 0.102. The number of hydrogen-bond donors (Lipinski definition) is 1. The average molecular weight is 374 g/mol. The van der Waals surface area contributed by atoms with E-state index in [9.17, 15) is 4.79 Å². The van der Waals surface area contributed by atoms with E-state index >= 15 is 0 Å². The molecular formula is C20H24ClN3O2. The van der Waals surface area contributed by atoms with E-state index in [1.54, 1.807) is 12.1 Å². The maximum Gasteiger partial charge on any atom is 0.275 e. The Hall–Kier alpha value is -2.27. The Balaban J connectivity index is 1.68. The number of hydrogen-bond acceptors (Lipinski definition) is 4. The van der Waals surface area contributed by atoms with Gasteiger partial charge in [-0.05, 0) is 50.1 Å². The molecule has 0 saturated carbocycles. The predicted octanol–water partition coefficient (Wildman–Crippen LogP) is 4.77. The number of pyridine rings is 1. The van der Waals surface area contributed by atoms with Gasteiger partial charge in [0.2, 0.25) is 5.88 Å². The van der Waals surface area contributed by atoms with Crippen LogP contribution in [0.3, 0.4) is 0 Å². The van der Waals surface area contributed by atoms with E-state index in [-0.39, 0.29) is 11.6 Å². The first kappa shape index (κ1) is 18.5. The molecule has 138 valence electrons. The molecule has 1 N–H and O–H groups in total. The van der Waals surface area contributed by atoms with E-state index in [1.807, 2.05) is 31.2 Å². The van der Waals surface area contributed by atoms with Crippen molar-refractivity contribution >= 4 is 28.9 Å². The van der Waals surface area contributed by atoms with Crippen LogP contribution in [0.5, 0.6) is 5.88 Å². The Morgan fingerprint density at radius 3 is 2.46 bits per heavy atom. The summed E-state index contributed by atoms with van der Waals surface area (Å²) in [5.41, 5.74) is 2.07. The summed E-state index contributed by atoms with van der Waals surface area (Å²) in [6.45, 7) is 4.53. The van der Waals surface area contributed by atoms with Gasteiger partial charge in [-0.2, -0.15) is 0 Å². The molecule has 0 bridgehead atoms. The molecule has 1 aliphatic rings. The van der Waals surface area contributed by atoms with Crippen LogP contribution in [0.25, 0.3) is 0 Å². The van der Waals surface area contributed by atoms with E-state index in [2.05, 4.69) is 15.2 Å². The minimum atomic E-state index is -0.348. The van der Waals surface area contributed by atoms with Gasteiger partial charge in [0.15, 0.2) is 5.69 Å². The van der Waals surface area contributed by atoms with Crippen LogP contribution in [-0.4, -0.2) is 30.6 Å². The molecule has 1 aliphatic heterocycles. The number of aromatic nitrogens is 1. The fourth-order valence-electron chi connectivity index (χ4n) is 3.09. The monoisotopic (exact) mass is 373 g/mol. The summed E-state index contributed by atoms with van der Waals surface area (Å²) in [6, 6.07) is 11.2. The molecule has 1 fully saturated rings. The maximum atomic E-state index is 12.5. The third-order valence-corrected chi connectivity index (χ3v) is 4.73. The van der Waals surface area contributed by atoms with Crippen LogP contribution < -0.4 is 15.0 Å². The highest BCUT2D eigenvalue weighted by atomic mass is 35.5. The van der Waals surface area contributed by atoms with Crippen molar-refractivity contribution in [3.63, 3.8) is 0 Å². The number of nitrogens with zero attached hydrogens (tertiary/aromatic N) is 2. The lowest BCUT2D eigenvalue weighted by Gasteiger charge is -2.22. The summed E-state index contributed by atoms with van der Waals surface area (Å²) in [4.78, 5) is 19.1. The van der Waals surface area contributed by atoms with Crippen LogP contribution >= 0.6 is 11.6 Å². The number of anilines is 2. The zero-order chi connectivity index (χ0) is 18.4. The lowest BCUT2D eigenvalue weighted by atomic mass is 10.2. The molecular weight excluding hydrogens is 350 g/mol. The number of carbonyl (C=O) groups excluding carboxylic acids is 1. The molecule has 6 heteroatoms. The molecule has 1 aromatic heterocycles. The topological polar surface area (TPSA) is 54.5 Å². The van der Waals surface area contributed by atoms with E-state index in [1.165, 1.54) is 31.4 Å². The Morgan fingerprint density at radius 1 is 1.12 bits per heavy atom. The number of ether oxygens (including phenoxy) is 1. The van der Waals surface area contributed by atoms with Crippen LogP contribution in [0.2, 0.25) is 5.02 Å². The van der Waals surface area contributed by atoms with E-state index in [4.69, 9.17) is 16.3 Å². The highest BCUT2D eigenvalue weighted by Gasteiger charge is 2.15. The summed E-state index contributed by atoms with van der Waals surface area (Å²) in [5, 5.41) is 3.15. The van der Waals surface area contributed by atoms with Gasteiger partial charge in [-0.15, -0.1) is 0 Å². The molecule has 1 amide bonds. The van der Waals surface area contributed by atoms with Gasteiger partial charge in [0.1, 0.15) is 0 Å². The van der Waals surface area contributed by atoms with Crippen LogP contribution in [0.15, 0.2) is 36.4 Å². The second-order valence-electron chi connectivity index (χ2n) is 6.32. The van der Waals surface area contributed by atoms with Gasteiger partial charge in [0.05, 0.1) is 11.6 Å². The number of rotatable bonds is 5. The van der Waals surface area contributed by atoms with Gasteiger partial charge in [-0.3, -0.25) is 4.79 Å². The molecule has 0 unspecified atom stereocenters. The normalized spacial score (nSPS) is 14.6. The Morgan fingerprint density at radius 2 is 1.81 bits per heavy atom. The fraction of sp³-hybridized carbons (Fsp3) is 0.400. The van der Waals surface area contributed by atoms with Crippen LogP contribution in [0.1, 0.15) is 43.1 Å². The molecule has 5 nitrogen and oxygen atoms in total. The molecule has 0 spiro atoms. The summed E-state index contributed by atoms with van der Waals surface area (Å²) in [7, 11) is 0. The van der Waals surface area contributed by atoms with E-state index in [0.29, 0.717) is 23.2 Å². The zero-order valence-electron chi connectivity index (χ0n) is 15.0. The maximum absolute atomic E-state index is 12.5. The van der Waals surface area contributed by atoms with Gasteiger partial charge in [0, 0.05) is 30.5 Å². The van der Waals surface area contributed by atoms with Gasteiger partial charge >= 0.3 is 0 Å². The summed E-state index contributed by atoms with van der Waals surface area (Å²) >= 11 is 6.11. The zero-order valence-corrected chi connectivity index (χ0v) is 15.8. The van der Waals surface area contributed by atoms with Crippen molar-refractivity contribution in [1.29, 1.82) is 0 Å². The summed E-state index contributed by atoms with van der Waals surface area (Å²) < 4.78 is 5.34. The van der Waals surface area contributed by atoms with Gasteiger partial charge in [-0.25, -0.2) is 4.98 Å². The van der Waals surface area contributed by atoms with Crippen molar-refractivity contribution in [2.45, 2.75) is 32.6 Å². The van der Waals surface area contributed by atoms with Crippen molar-refractivity contribution in [2.24, 2.45) is 0 Å². The Bertz CT molecular complexity index is 741. The second kappa shape index (κ2) is 8.90. The number of halogens is 1. The first-order valence-corrected chi connectivity index (χ1v) is 9.51. The smallest absolute Gasteiger partial charge is 0.275 e.